The second-order valence-electron chi connectivity index (χ2n) is 4.50. The fraction of sp³-hybridized carbons (Fsp3) is 0.500. The molecule has 6 heteroatoms. The maximum Gasteiger partial charge on any atom is 0.238 e. The Balaban J connectivity index is 1.83. The van der Waals surface area contributed by atoms with Crippen LogP contribution in [0.3, 0.4) is 0 Å². The summed E-state index contributed by atoms with van der Waals surface area (Å²) in [5, 5.41) is 6.11. The summed E-state index contributed by atoms with van der Waals surface area (Å²) in [7, 11) is 3.23. The number of nitrogens with one attached hydrogen (secondary N) is 2. The van der Waals surface area contributed by atoms with Gasteiger partial charge in [0.2, 0.25) is 5.91 Å². The van der Waals surface area contributed by atoms with Crippen molar-refractivity contribution in [1.29, 1.82) is 0 Å². The van der Waals surface area contributed by atoms with Crippen molar-refractivity contribution >= 4 is 17.7 Å². The number of methoxy groups -OCH3 is 2. The zero-order valence-corrected chi connectivity index (χ0v) is 12.6. The summed E-state index contributed by atoms with van der Waals surface area (Å²) in [6.45, 7) is 0.622. The molecular formula is C14H20N2O3S. The molecule has 0 spiro atoms. The van der Waals surface area contributed by atoms with Gasteiger partial charge >= 0.3 is 0 Å². The summed E-state index contributed by atoms with van der Waals surface area (Å²) in [5.41, 5.74) is 1.11. The quantitative estimate of drug-likeness (QED) is 0.821. The molecule has 2 N–H and O–H groups in total. The maximum atomic E-state index is 11.8. The number of amides is 1. The van der Waals surface area contributed by atoms with Crippen molar-refractivity contribution in [1.82, 2.24) is 10.6 Å². The monoisotopic (exact) mass is 296 g/mol. The van der Waals surface area contributed by atoms with Gasteiger partial charge in [0.05, 0.1) is 20.3 Å². The van der Waals surface area contributed by atoms with Gasteiger partial charge in [0.15, 0.2) is 11.5 Å². The molecule has 0 aromatic heterocycles. The molecule has 2 rings (SSSR count). The van der Waals surface area contributed by atoms with Crippen LogP contribution < -0.4 is 20.1 Å². The van der Waals surface area contributed by atoms with Crippen molar-refractivity contribution in [3.05, 3.63) is 23.8 Å². The van der Waals surface area contributed by atoms with Gasteiger partial charge in [-0.15, -0.1) is 11.8 Å². The van der Waals surface area contributed by atoms with Gasteiger partial charge in [-0.2, -0.15) is 0 Å². The highest BCUT2D eigenvalue weighted by Crippen LogP contribution is 2.27. The van der Waals surface area contributed by atoms with Crippen molar-refractivity contribution in [3.8, 4) is 11.5 Å². The zero-order chi connectivity index (χ0) is 14.4. The summed E-state index contributed by atoms with van der Waals surface area (Å²) >= 11 is 1.75. The molecule has 0 aliphatic carbocycles. The Labute approximate surface area is 123 Å². The molecule has 1 aliphatic heterocycles. The van der Waals surface area contributed by atoms with E-state index >= 15 is 0 Å². The molecule has 110 valence electrons. The predicted octanol–water partition coefficient (Wildman–Crippen LogP) is 1.02. The number of rotatable bonds is 6. The predicted molar refractivity (Wildman–Crippen MR) is 80.5 cm³/mol. The highest BCUT2D eigenvalue weighted by Gasteiger charge is 2.21. The minimum Gasteiger partial charge on any atom is -0.493 e. The average molecular weight is 296 g/mol. The molecule has 1 aliphatic rings. The number of hydrogen-bond donors (Lipinski definition) is 2. The standard InChI is InChI=1S/C14H20N2O3S/c1-18-12-4-3-10(7-13(12)19-2)5-6-15-14(17)11-8-20-9-16-11/h3-4,7,11,16H,5-6,8-9H2,1-2H3,(H,15,17). The number of carbonyl (C=O) groups excluding carboxylic acids is 1. The fourth-order valence-corrected chi connectivity index (χ4v) is 2.99. The topological polar surface area (TPSA) is 59.6 Å². The van der Waals surface area contributed by atoms with Gasteiger partial charge in [-0.05, 0) is 24.1 Å². The lowest BCUT2D eigenvalue weighted by Gasteiger charge is -2.12. The summed E-state index contributed by atoms with van der Waals surface area (Å²) in [6, 6.07) is 5.75. The summed E-state index contributed by atoms with van der Waals surface area (Å²) in [4.78, 5) is 11.8. The third-order valence-electron chi connectivity index (χ3n) is 3.19. The molecule has 0 radical (unpaired) electrons. The van der Waals surface area contributed by atoms with Crippen LogP contribution in [0.1, 0.15) is 5.56 Å². The first-order valence-corrected chi connectivity index (χ1v) is 7.70. The van der Waals surface area contributed by atoms with Gasteiger partial charge in [0, 0.05) is 18.2 Å². The first kappa shape index (κ1) is 15.0. The van der Waals surface area contributed by atoms with Crippen molar-refractivity contribution in [2.75, 3.05) is 32.4 Å². The Kier molecular flexibility index (Phi) is 5.55. The van der Waals surface area contributed by atoms with E-state index < -0.39 is 0 Å². The van der Waals surface area contributed by atoms with Crippen LogP contribution in [0.4, 0.5) is 0 Å². The Morgan fingerprint density at radius 1 is 1.40 bits per heavy atom. The molecular weight excluding hydrogens is 276 g/mol. The number of thioether (sulfide) groups is 1. The summed E-state index contributed by atoms with van der Waals surface area (Å²) in [5.74, 6) is 3.21. The minimum atomic E-state index is -0.0506. The van der Waals surface area contributed by atoms with Gasteiger partial charge < -0.3 is 14.8 Å². The van der Waals surface area contributed by atoms with Crippen LogP contribution in [-0.2, 0) is 11.2 Å². The Morgan fingerprint density at radius 2 is 2.20 bits per heavy atom. The van der Waals surface area contributed by atoms with Gasteiger partial charge in [-0.1, -0.05) is 6.07 Å². The van der Waals surface area contributed by atoms with E-state index in [0.717, 1.165) is 23.6 Å². The van der Waals surface area contributed by atoms with Gasteiger partial charge in [0.1, 0.15) is 0 Å². The van der Waals surface area contributed by atoms with Crippen LogP contribution in [-0.4, -0.2) is 44.3 Å². The van der Waals surface area contributed by atoms with Gasteiger partial charge in [-0.3, -0.25) is 10.1 Å². The summed E-state index contributed by atoms with van der Waals surface area (Å²) < 4.78 is 10.5. The van der Waals surface area contributed by atoms with E-state index in [1.165, 1.54) is 0 Å². The van der Waals surface area contributed by atoms with Crippen molar-refractivity contribution in [2.24, 2.45) is 0 Å². The van der Waals surface area contributed by atoms with E-state index in [4.69, 9.17) is 9.47 Å². The molecule has 1 atom stereocenters. The number of carbonyl (C=O) groups is 1. The van der Waals surface area contributed by atoms with Gasteiger partial charge in [-0.25, -0.2) is 0 Å². The SMILES string of the molecule is COc1ccc(CCNC(=O)C2CSCN2)cc1OC. The van der Waals surface area contributed by atoms with Crippen LogP contribution in [0.2, 0.25) is 0 Å². The van der Waals surface area contributed by atoms with Crippen molar-refractivity contribution < 1.29 is 14.3 Å². The number of ether oxygens (including phenoxy) is 2. The van der Waals surface area contributed by atoms with E-state index in [-0.39, 0.29) is 11.9 Å². The molecule has 1 saturated heterocycles. The van der Waals surface area contributed by atoms with E-state index in [9.17, 15) is 4.79 Å². The number of benzene rings is 1. The van der Waals surface area contributed by atoms with Gasteiger partial charge in [0.25, 0.3) is 0 Å². The molecule has 1 amide bonds. The second kappa shape index (κ2) is 7.40. The first-order valence-electron chi connectivity index (χ1n) is 6.54. The normalized spacial score (nSPS) is 17.8. The third-order valence-corrected chi connectivity index (χ3v) is 4.13. The average Bonchev–Trinajstić information content (AvgIpc) is 3.01. The van der Waals surface area contributed by atoms with Crippen LogP contribution in [0.15, 0.2) is 18.2 Å². The molecule has 0 bridgehead atoms. The van der Waals surface area contributed by atoms with Crippen LogP contribution in [0.5, 0.6) is 11.5 Å². The van der Waals surface area contributed by atoms with Crippen LogP contribution in [0.25, 0.3) is 0 Å². The third kappa shape index (κ3) is 3.80. The summed E-state index contributed by atoms with van der Waals surface area (Å²) in [6.07, 6.45) is 0.770. The minimum absolute atomic E-state index is 0.0506. The highest BCUT2D eigenvalue weighted by molar-refractivity contribution is 7.99. The largest absolute Gasteiger partial charge is 0.493 e. The Morgan fingerprint density at radius 3 is 2.85 bits per heavy atom. The molecule has 0 saturated carbocycles. The van der Waals surface area contributed by atoms with Crippen molar-refractivity contribution in [3.63, 3.8) is 0 Å². The first-order chi connectivity index (χ1) is 9.74. The second-order valence-corrected chi connectivity index (χ2v) is 5.53. The number of hydrogen-bond acceptors (Lipinski definition) is 5. The van der Waals surface area contributed by atoms with E-state index in [1.54, 1.807) is 26.0 Å². The van der Waals surface area contributed by atoms with Crippen molar-refractivity contribution in [2.45, 2.75) is 12.5 Å². The Bertz CT molecular complexity index is 462. The molecule has 5 nitrogen and oxygen atoms in total. The molecule has 1 unspecified atom stereocenters. The lowest BCUT2D eigenvalue weighted by molar-refractivity contribution is -0.122. The molecule has 1 aromatic carbocycles. The lowest BCUT2D eigenvalue weighted by Crippen LogP contribution is -2.42. The van der Waals surface area contributed by atoms with E-state index in [2.05, 4.69) is 10.6 Å². The highest BCUT2D eigenvalue weighted by atomic mass is 32.2. The zero-order valence-electron chi connectivity index (χ0n) is 11.8. The molecule has 1 fully saturated rings. The van der Waals surface area contributed by atoms with Crippen LogP contribution >= 0.6 is 11.8 Å². The smallest absolute Gasteiger partial charge is 0.238 e. The Hall–Kier alpha value is -1.40. The lowest BCUT2D eigenvalue weighted by atomic mass is 10.1. The van der Waals surface area contributed by atoms with E-state index in [0.29, 0.717) is 18.0 Å². The maximum absolute atomic E-state index is 11.8. The fourth-order valence-electron chi connectivity index (χ4n) is 2.05. The molecule has 20 heavy (non-hydrogen) atoms. The molecule has 1 heterocycles. The van der Waals surface area contributed by atoms with Crippen LogP contribution in [0, 0.1) is 0 Å². The van der Waals surface area contributed by atoms with E-state index in [1.807, 2.05) is 18.2 Å². The molecule has 1 aromatic rings.